The second kappa shape index (κ2) is 8.78. The van der Waals surface area contributed by atoms with Crippen molar-refractivity contribution in [1.82, 2.24) is 5.43 Å². The average Bonchev–Trinajstić information content (AvgIpc) is 2.59. The van der Waals surface area contributed by atoms with E-state index in [1.807, 2.05) is 30.3 Å². The molecule has 0 heterocycles. The fourth-order valence-electron chi connectivity index (χ4n) is 3.37. The minimum absolute atomic E-state index is 0.126. The van der Waals surface area contributed by atoms with Crippen LogP contribution < -0.4 is 5.43 Å². The molecule has 1 amide bonds. The van der Waals surface area contributed by atoms with E-state index in [4.69, 9.17) is 10.00 Å². The number of hydrazone groups is 1. The number of nitrogens with one attached hydrogen (secondary N) is 1. The molecule has 1 fully saturated rings. The quantitative estimate of drug-likeness (QED) is 0.609. The highest BCUT2D eigenvalue weighted by molar-refractivity contribution is 6.04. The molecule has 2 N–H and O–H groups in total. The Kier molecular flexibility index (Phi) is 6.70. The lowest BCUT2D eigenvalue weighted by Gasteiger charge is -2.39. The number of nitrogens with zero attached hydrogens (tertiary/aromatic N) is 2. The number of benzene rings is 1. The second-order valence-corrected chi connectivity index (χ2v) is 7.33. The molecule has 1 saturated carbocycles. The predicted octanol–water partition coefficient (Wildman–Crippen LogP) is 2.27. The monoisotopic (exact) mass is 371 g/mol. The number of esters is 1. The van der Waals surface area contributed by atoms with E-state index in [0.29, 0.717) is 12.1 Å². The molecule has 0 aromatic heterocycles. The van der Waals surface area contributed by atoms with E-state index in [9.17, 15) is 14.7 Å². The topological polar surface area (TPSA) is 112 Å². The SMILES string of the molecule is CC(C)OC(=O)[C@@H]1/C(=N\NC(=O)CC#N)C[C@@](C)(O)C[C@@H]1c1ccccc1. The summed E-state index contributed by atoms with van der Waals surface area (Å²) in [5.74, 6) is -2.07. The lowest BCUT2D eigenvalue weighted by molar-refractivity contribution is -0.151. The molecular weight excluding hydrogens is 346 g/mol. The fraction of sp³-hybridized carbons (Fsp3) is 0.500. The van der Waals surface area contributed by atoms with Gasteiger partial charge in [0.1, 0.15) is 12.3 Å². The van der Waals surface area contributed by atoms with Gasteiger partial charge in [-0.15, -0.1) is 0 Å². The number of carbonyl (C=O) groups is 2. The molecule has 1 aliphatic carbocycles. The molecule has 7 nitrogen and oxygen atoms in total. The molecule has 1 aliphatic rings. The lowest BCUT2D eigenvalue weighted by Crippen LogP contribution is -2.46. The molecule has 7 heteroatoms. The first-order valence-corrected chi connectivity index (χ1v) is 8.93. The summed E-state index contributed by atoms with van der Waals surface area (Å²) < 4.78 is 5.43. The van der Waals surface area contributed by atoms with Crippen molar-refractivity contribution in [2.45, 2.75) is 57.7 Å². The van der Waals surface area contributed by atoms with Crippen LogP contribution >= 0.6 is 0 Å². The molecule has 0 unspecified atom stereocenters. The van der Waals surface area contributed by atoms with Crippen LogP contribution in [0.1, 0.15) is 51.5 Å². The third kappa shape index (κ3) is 5.63. The molecule has 0 radical (unpaired) electrons. The summed E-state index contributed by atoms with van der Waals surface area (Å²) in [4.78, 5) is 24.5. The molecule has 3 atom stereocenters. The van der Waals surface area contributed by atoms with E-state index in [2.05, 4.69) is 10.5 Å². The number of rotatable bonds is 5. The lowest BCUT2D eigenvalue weighted by atomic mass is 9.68. The highest BCUT2D eigenvalue weighted by Crippen LogP contribution is 2.41. The Bertz CT molecular complexity index is 750. The van der Waals surface area contributed by atoms with Crippen LogP contribution in [0.2, 0.25) is 0 Å². The number of hydrogen-bond donors (Lipinski definition) is 2. The van der Waals surface area contributed by atoms with Gasteiger partial charge in [0.05, 0.1) is 23.5 Å². The minimum atomic E-state index is -1.09. The number of ether oxygens (including phenoxy) is 1. The van der Waals surface area contributed by atoms with Crippen LogP contribution in [0.5, 0.6) is 0 Å². The van der Waals surface area contributed by atoms with Gasteiger partial charge in [0.2, 0.25) is 0 Å². The highest BCUT2D eigenvalue weighted by atomic mass is 16.5. The number of hydrogen-bond acceptors (Lipinski definition) is 6. The second-order valence-electron chi connectivity index (χ2n) is 7.33. The molecular formula is C20H25N3O4. The summed E-state index contributed by atoms with van der Waals surface area (Å²) >= 11 is 0. The van der Waals surface area contributed by atoms with E-state index in [1.165, 1.54) is 0 Å². The van der Waals surface area contributed by atoms with Gasteiger partial charge in [-0.3, -0.25) is 9.59 Å². The molecule has 144 valence electrons. The van der Waals surface area contributed by atoms with Crippen LogP contribution in [0.4, 0.5) is 0 Å². The Hall–Kier alpha value is -2.72. The van der Waals surface area contributed by atoms with Crippen LogP contribution in [0.3, 0.4) is 0 Å². The van der Waals surface area contributed by atoms with Gasteiger partial charge in [0.15, 0.2) is 0 Å². The van der Waals surface area contributed by atoms with Gasteiger partial charge in [-0.05, 0) is 32.8 Å². The van der Waals surface area contributed by atoms with Gasteiger partial charge >= 0.3 is 5.97 Å². The molecule has 2 rings (SSSR count). The van der Waals surface area contributed by atoms with Crippen LogP contribution in [0.25, 0.3) is 0 Å². The Labute approximate surface area is 159 Å². The maximum atomic E-state index is 12.8. The van der Waals surface area contributed by atoms with Gasteiger partial charge in [0.25, 0.3) is 5.91 Å². The Balaban J connectivity index is 2.43. The van der Waals surface area contributed by atoms with Gasteiger partial charge < -0.3 is 9.84 Å². The Morgan fingerprint density at radius 2 is 2.07 bits per heavy atom. The van der Waals surface area contributed by atoms with Crippen LogP contribution in [0.15, 0.2) is 35.4 Å². The van der Waals surface area contributed by atoms with Crippen LogP contribution in [-0.4, -0.2) is 34.4 Å². The normalized spacial score (nSPS) is 26.4. The molecule has 1 aromatic rings. The maximum Gasteiger partial charge on any atom is 0.315 e. The molecule has 1 aromatic carbocycles. The first-order chi connectivity index (χ1) is 12.7. The summed E-state index contributed by atoms with van der Waals surface area (Å²) in [6, 6.07) is 11.2. The molecule has 0 spiro atoms. The third-order valence-electron chi connectivity index (χ3n) is 4.38. The zero-order valence-electron chi connectivity index (χ0n) is 15.8. The van der Waals surface area contributed by atoms with Gasteiger partial charge in [0, 0.05) is 12.3 Å². The van der Waals surface area contributed by atoms with E-state index in [-0.39, 0.29) is 24.9 Å². The van der Waals surface area contributed by atoms with Crippen molar-refractivity contribution in [3.05, 3.63) is 35.9 Å². The van der Waals surface area contributed by atoms with Crippen molar-refractivity contribution in [3.8, 4) is 6.07 Å². The van der Waals surface area contributed by atoms with Crippen molar-refractivity contribution in [1.29, 1.82) is 5.26 Å². The largest absolute Gasteiger partial charge is 0.462 e. The molecule has 0 bridgehead atoms. The first-order valence-electron chi connectivity index (χ1n) is 8.93. The zero-order valence-corrected chi connectivity index (χ0v) is 15.8. The summed E-state index contributed by atoms with van der Waals surface area (Å²) in [5, 5.41) is 23.4. The zero-order chi connectivity index (χ0) is 20.0. The standard InChI is InChI=1S/C20H25N3O4/c1-13(2)27-19(25)18-15(14-7-5-4-6-8-14)11-20(3,26)12-16(18)22-23-17(24)9-10-21/h4-8,13,15,18,26H,9,11-12H2,1-3H3,(H,23,24)/b22-16-/t15-,18+,20+/m1/s1. The maximum absolute atomic E-state index is 12.8. The van der Waals surface area contributed by atoms with E-state index in [0.717, 1.165) is 5.56 Å². The van der Waals surface area contributed by atoms with Gasteiger partial charge in [-0.25, -0.2) is 5.43 Å². The van der Waals surface area contributed by atoms with Crippen LogP contribution in [-0.2, 0) is 14.3 Å². The molecule has 27 heavy (non-hydrogen) atoms. The Morgan fingerprint density at radius 3 is 2.67 bits per heavy atom. The fourth-order valence-corrected chi connectivity index (χ4v) is 3.37. The summed E-state index contributed by atoms with van der Waals surface area (Å²) in [7, 11) is 0. The summed E-state index contributed by atoms with van der Waals surface area (Å²) in [6.45, 7) is 5.21. The highest BCUT2D eigenvalue weighted by Gasteiger charge is 2.46. The molecule has 0 saturated heterocycles. The van der Waals surface area contributed by atoms with Crippen LogP contribution in [0, 0.1) is 17.2 Å². The molecule has 0 aliphatic heterocycles. The van der Waals surface area contributed by atoms with Crippen molar-refractivity contribution in [2.24, 2.45) is 11.0 Å². The smallest absolute Gasteiger partial charge is 0.315 e. The average molecular weight is 371 g/mol. The van der Waals surface area contributed by atoms with E-state index < -0.39 is 23.4 Å². The number of aliphatic hydroxyl groups is 1. The summed E-state index contributed by atoms with van der Waals surface area (Å²) in [6.07, 6.45) is -0.150. The minimum Gasteiger partial charge on any atom is -0.462 e. The number of nitriles is 1. The van der Waals surface area contributed by atoms with Crippen molar-refractivity contribution in [3.63, 3.8) is 0 Å². The summed E-state index contributed by atoms with van der Waals surface area (Å²) in [5.41, 5.74) is 2.45. The first kappa shape index (κ1) is 20.6. The van der Waals surface area contributed by atoms with Crippen molar-refractivity contribution in [2.75, 3.05) is 0 Å². The predicted molar refractivity (Wildman–Crippen MR) is 99.6 cm³/mol. The van der Waals surface area contributed by atoms with Gasteiger partial charge in [-0.1, -0.05) is 30.3 Å². The Morgan fingerprint density at radius 1 is 1.41 bits per heavy atom. The van der Waals surface area contributed by atoms with Crippen molar-refractivity contribution >= 4 is 17.6 Å². The number of carbonyl (C=O) groups excluding carboxylic acids is 2. The number of amides is 1. The third-order valence-corrected chi connectivity index (χ3v) is 4.38. The van der Waals surface area contributed by atoms with E-state index in [1.54, 1.807) is 26.8 Å². The van der Waals surface area contributed by atoms with Crippen molar-refractivity contribution < 1.29 is 19.4 Å². The van der Waals surface area contributed by atoms with Gasteiger partial charge in [-0.2, -0.15) is 10.4 Å². The van der Waals surface area contributed by atoms with E-state index >= 15 is 0 Å².